The fourth-order valence-corrected chi connectivity index (χ4v) is 3.46. The summed E-state index contributed by atoms with van der Waals surface area (Å²) in [5.41, 5.74) is 1.09. The summed E-state index contributed by atoms with van der Waals surface area (Å²) in [4.78, 5) is 21.1. The Morgan fingerprint density at radius 1 is 1.11 bits per heavy atom. The number of anilines is 1. The van der Waals surface area contributed by atoms with Crippen LogP contribution in [0.3, 0.4) is 0 Å². The van der Waals surface area contributed by atoms with E-state index in [-0.39, 0.29) is 5.91 Å². The lowest BCUT2D eigenvalue weighted by Gasteiger charge is -2.35. The van der Waals surface area contributed by atoms with Gasteiger partial charge in [0.05, 0.1) is 22.5 Å². The number of carbonyl (C=O) groups excluding carboxylic acids is 1. The van der Waals surface area contributed by atoms with E-state index in [4.69, 9.17) is 11.6 Å². The highest BCUT2D eigenvalue weighted by molar-refractivity contribution is 6.32. The summed E-state index contributed by atoms with van der Waals surface area (Å²) in [6.45, 7) is 2.28. The zero-order valence-corrected chi connectivity index (χ0v) is 15.2. The molecular formula is C19H17ClFN5O. The van der Waals surface area contributed by atoms with Gasteiger partial charge in [-0.05, 0) is 24.3 Å². The van der Waals surface area contributed by atoms with Crippen molar-refractivity contribution in [2.24, 2.45) is 0 Å². The standard InChI is InChI=1S/C19H17ClFN5O/c20-15-5-3-7-22-18(15)25-8-10-26(11-9-25)19(27)14-12-23-24-17(14)13-4-1-2-6-16(13)21/h1-7,12H,8-11H2,(H,23,24). The zero-order valence-electron chi connectivity index (χ0n) is 14.4. The van der Waals surface area contributed by atoms with E-state index >= 15 is 0 Å². The van der Waals surface area contributed by atoms with E-state index in [1.54, 1.807) is 41.4 Å². The number of carbonyl (C=O) groups is 1. The molecule has 2 aromatic heterocycles. The minimum atomic E-state index is -0.398. The third-order valence-corrected chi connectivity index (χ3v) is 4.91. The number of piperazine rings is 1. The minimum Gasteiger partial charge on any atom is -0.352 e. The van der Waals surface area contributed by atoms with Gasteiger partial charge in [0.15, 0.2) is 0 Å². The predicted molar refractivity (Wildman–Crippen MR) is 101 cm³/mol. The molecule has 1 saturated heterocycles. The van der Waals surface area contributed by atoms with E-state index < -0.39 is 5.82 Å². The fourth-order valence-electron chi connectivity index (χ4n) is 3.22. The number of H-pyrrole nitrogens is 1. The molecule has 138 valence electrons. The maximum Gasteiger partial charge on any atom is 0.257 e. The molecule has 8 heteroatoms. The smallest absolute Gasteiger partial charge is 0.257 e. The monoisotopic (exact) mass is 385 g/mol. The molecule has 1 fully saturated rings. The van der Waals surface area contributed by atoms with Gasteiger partial charge >= 0.3 is 0 Å². The summed E-state index contributed by atoms with van der Waals surface area (Å²) in [5.74, 6) is 0.154. The van der Waals surface area contributed by atoms with Gasteiger partial charge in [-0.15, -0.1) is 0 Å². The van der Waals surface area contributed by atoms with Crippen molar-refractivity contribution in [3.05, 3.63) is 65.2 Å². The lowest BCUT2D eigenvalue weighted by Crippen LogP contribution is -2.49. The fraction of sp³-hybridized carbons (Fsp3) is 0.211. The number of rotatable bonds is 3. The number of amides is 1. The molecule has 0 saturated carbocycles. The lowest BCUT2D eigenvalue weighted by atomic mass is 10.1. The van der Waals surface area contributed by atoms with E-state index in [2.05, 4.69) is 20.1 Å². The van der Waals surface area contributed by atoms with Gasteiger partial charge in [0.25, 0.3) is 5.91 Å². The van der Waals surface area contributed by atoms with Gasteiger partial charge in [-0.3, -0.25) is 9.89 Å². The summed E-state index contributed by atoms with van der Waals surface area (Å²) >= 11 is 6.21. The van der Waals surface area contributed by atoms with Crippen LogP contribution in [0.15, 0.2) is 48.8 Å². The molecule has 3 heterocycles. The van der Waals surface area contributed by atoms with Crippen LogP contribution < -0.4 is 4.90 Å². The SMILES string of the molecule is O=C(c1cn[nH]c1-c1ccccc1F)N1CCN(c2ncccc2Cl)CC1. The van der Waals surface area contributed by atoms with Crippen molar-refractivity contribution >= 4 is 23.3 Å². The molecule has 4 rings (SSSR count). The van der Waals surface area contributed by atoms with Crippen molar-refractivity contribution in [3.63, 3.8) is 0 Å². The topological polar surface area (TPSA) is 65.1 Å². The van der Waals surface area contributed by atoms with Gasteiger partial charge in [0.2, 0.25) is 0 Å². The summed E-state index contributed by atoms with van der Waals surface area (Å²) in [5, 5.41) is 7.29. The summed E-state index contributed by atoms with van der Waals surface area (Å²) in [6, 6.07) is 9.91. The van der Waals surface area contributed by atoms with E-state index in [1.165, 1.54) is 12.3 Å². The quantitative estimate of drug-likeness (QED) is 0.751. The zero-order chi connectivity index (χ0) is 18.8. The number of aromatic amines is 1. The number of aromatic nitrogens is 3. The van der Waals surface area contributed by atoms with Gasteiger partial charge < -0.3 is 9.80 Å². The van der Waals surface area contributed by atoms with Gasteiger partial charge in [-0.2, -0.15) is 5.10 Å². The van der Waals surface area contributed by atoms with Gasteiger partial charge in [-0.25, -0.2) is 9.37 Å². The van der Waals surface area contributed by atoms with Crippen LogP contribution in [0.1, 0.15) is 10.4 Å². The number of nitrogens with zero attached hydrogens (tertiary/aromatic N) is 4. The molecule has 1 aliphatic rings. The molecule has 1 amide bonds. The van der Waals surface area contributed by atoms with Gasteiger partial charge in [0, 0.05) is 37.9 Å². The van der Waals surface area contributed by atoms with Crippen molar-refractivity contribution in [2.75, 3.05) is 31.1 Å². The third kappa shape index (κ3) is 3.38. The first-order valence-corrected chi connectivity index (χ1v) is 8.96. The highest BCUT2D eigenvalue weighted by atomic mass is 35.5. The molecule has 6 nitrogen and oxygen atoms in total. The molecular weight excluding hydrogens is 369 g/mol. The van der Waals surface area contributed by atoms with Gasteiger partial charge in [0.1, 0.15) is 11.6 Å². The minimum absolute atomic E-state index is 0.172. The summed E-state index contributed by atoms with van der Waals surface area (Å²) in [7, 11) is 0. The Hall–Kier alpha value is -2.93. The van der Waals surface area contributed by atoms with Crippen LogP contribution >= 0.6 is 11.6 Å². The molecule has 0 unspecified atom stereocenters. The Morgan fingerprint density at radius 2 is 1.89 bits per heavy atom. The van der Waals surface area contributed by atoms with E-state index in [0.717, 1.165) is 5.82 Å². The van der Waals surface area contributed by atoms with Crippen molar-refractivity contribution in [1.29, 1.82) is 0 Å². The first-order chi connectivity index (χ1) is 13.1. The van der Waals surface area contributed by atoms with Crippen molar-refractivity contribution < 1.29 is 9.18 Å². The van der Waals surface area contributed by atoms with Crippen LogP contribution in [0.2, 0.25) is 5.02 Å². The summed E-state index contributed by atoms with van der Waals surface area (Å²) in [6.07, 6.45) is 3.15. The average molecular weight is 386 g/mol. The average Bonchev–Trinajstić information content (AvgIpc) is 3.18. The Morgan fingerprint density at radius 3 is 2.63 bits per heavy atom. The molecule has 0 radical (unpaired) electrons. The van der Waals surface area contributed by atoms with Crippen molar-refractivity contribution in [1.82, 2.24) is 20.1 Å². The molecule has 0 aliphatic carbocycles. The molecule has 0 spiro atoms. The van der Waals surface area contributed by atoms with Crippen LogP contribution in [0, 0.1) is 5.82 Å². The van der Waals surface area contributed by atoms with E-state index in [9.17, 15) is 9.18 Å². The Bertz CT molecular complexity index is 968. The maximum absolute atomic E-state index is 14.1. The molecule has 1 aromatic carbocycles. The second kappa shape index (κ2) is 7.36. The van der Waals surface area contributed by atoms with Crippen LogP contribution in [-0.2, 0) is 0 Å². The second-order valence-electron chi connectivity index (χ2n) is 6.23. The second-order valence-corrected chi connectivity index (χ2v) is 6.63. The van der Waals surface area contributed by atoms with Crippen LogP contribution in [0.25, 0.3) is 11.3 Å². The number of pyridine rings is 1. The Balaban J connectivity index is 1.51. The van der Waals surface area contributed by atoms with Crippen LogP contribution in [0.4, 0.5) is 10.2 Å². The number of hydrogen-bond acceptors (Lipinski definition) is 4. The van der Waals surface area contributed by atoms with Crippen LogP contribution in [0.5, 0.6) is 0 Å². The molecule has 1 aliphatic heterocycles. The normalized spacial score (nSPS) is 14.4. The Kier molecular flexibility index (Phi) is 4.77. The molecule has 1 N–H and O–H groups in total. The number of hydrogen-bond donors (Lipinski definition) is 1. The van der Waals surface area contributed by atoms with E-state index in [1.807, 2.05) is 0 Å². The molecule has 27 heavy (non-hydrogen) atoms. The largest absolute Gasteiger partial charge is 0.352 e. The predicted octanol–water partition coefficient (Wildman–Crippen LogP) is 3.23. The number of benzene rings is 1. The molecule has 0 bridgehead atoms. The molecule has 3 aromatic rings. The number of nitrogens with one attached hydrogen (secondary N) is 1. The van der Waals surface area contributed by atoms with Gasteiger partial charge in [-0.1, -0.05) is 23.7 Å². The highest BCUT2D eigenvalue weighted by Gasteiger charge is 2.27. The van der Waals surface area contributed by atoms with Crippen molar-refractivity contribution in [3.8, 4) is 11.3 Å². The first kappa shape index (κ1) is 17.5. The maximum atomic E-state index is 14.1. The first-order valence-electron chi connectivity index (χ1n) is 8.58. The molecule has 0 atom stereocenters. The highest BCUT2D eigenvalue weighted by Crippen LogP contribution is 2.27. The van der Waals surface area contributed by atoms with E-state index in [0.29, 0.717) is 48.0 Å². The van der Waals surface area contributed by atoms with Crippen molar-refractivity contribution in [2.45, 2.75) is 0 Å². The van der Waals surface area contributed by atoms with Crippen LogP contribution in [-0.4, -0.2) is 52.2 Å². The third-order valence-electron chi connectivity index (χ3n) is 4.62. The summed E-state index contributed by atoms with van der Waals surface area (Å²) < 4.78 is 14.1. The Labute approximate surface area is 160 Å². The lowest BCUT2D eigenvalue weighted by molar-refractivity contribution is 0.0747. The number of halogens is 2.